The standard InChI is InChI=1S/C20H21N3O3S/c1-3-26-17-11-7-6-10-16(17)21-18(24)12-27-13(2)19-22-15-9-5-4-8-14(15)20(25)23-19/h4-11,13H,3,12H2,1-2H3,(H,21,24)(H,22,23,25)/t13-/m1/s1. The summed E-state index contributed by atoms with van der Waals surface area (Å²) in [5, 5.41) is 3.30. The molecule has 2 N–H and O–H groups in total. The molecule has 27 heavy (non-hydrogen) atoms. The monoisotopic (exact) mass is 383 g/mol. The summed E-state index contributed by atoms with van der Waals surface area (Å²) in [5.41, 5.74) is 1.13. The molecule has 3 rings (SSSR count). The van der Waals surface area contributed by atoms with E-state index >= 15 is 0 Å². The van der Waals surface area contributed by atoms with E-state index in [9.17, 15) is 9.59 Å². The molecule has 140 valence electrons. The minimum Gasteiger partial charge on any atom is -0.492 e. The van der Waals surface area contributed by atoms with Crippen molar-refractivity contribution in [3.05, 3.63) is 64.7 Å². The molecule has 1 atom stereocenters. The summed E-state index contributed by atoms with van der Waals surface area (Å²) in [4.78, 5) is 31.8. The van der Waals surface area contributed by atoms with Gasteiger partial charge in [-0.25, -0.2) is 4.98 Å². The van der Waals surface area contributed by atoms with Gasteiger partial charge < -0.3 is 15.0 Å². The van der Waals surface area contributed by atoms with Crippen LogP contribution in [0.25, 0.3) is 10.9 Å². The van der Waals surface area contributed by atoms with Crippen LogP contribution in [0.3, 0.4) is 0 Å². The van der Waals surface area contributed by atoms with Crippen LogP contribution in [0.5, 0.6) is 5.75 Å². The van der Waals surface area contributed by atoms with E-state index in [1.807, 2.05) is 50.2 Å². The topological polar surface area (TPSA) is 84.1 Å². The zero-order valence-corrected chi connectivity index (χ0v) is 16.0. The van der Waals surface area contributed by atoms with Gasteiger partial charge in [0.1, 0.15) is 11.6 Å². The Morgan fingerprint density at radius 1 is 1.22 bits per heavy atom. The van der Waals surface area contributed by atoms with E-state index in [-0.39, 0.29) is 22.5 Å². The Kier molecular flexibility index (Phi) is 6.13. The van der Waals surface area contributed by atoms with E-state index in [4.69, 9.17) is 4.74 Å². The number of para-hydroxylation sites is 3. The van der Waals surface area contributed by atoms with Gasteiger partial charge in [-0.05, 0) is 38.1 Å². The van der Waals surface area contributed by atoms with Crippen molar-refractivity contribution in [3.63, 3.8) is 0 Å². The highest BCUT2D eigenvalue weighted by Gasteiger charge is 2.14. The van der Waals surface area contributed by atoms with Crippen molar-refractivity contribution in [1.29, 1.82) is 0 Å². The lowest BCUT2D eigenvalue weighted by molar-refractivity contribution is -0.113. The maximum absolute atomic E-state index is 12.3. The number of hydrogen-bond acceptors (Lipinski definition) is 5. The SMILES string of the molecule is CCOc1ccccc1NC(=O)CS[C@H](C)c1nc2ccccc2c(=O)[nH]1. The van der Waals surface area contributed by atoms with Crippen LogP contribution in [0.15, 0.2) is 53.3 Å². The molecule has 6 nitrogen and oxygen atoms in total. The zero-order chi connectivity index (χ0) is 19.2. The summed E-state index contributed by atoms with van der Waals surface area (Å²) in [5.74, 6) is 1.30. The van der Waals surface area contributed by atoms with Crippen LogP contribution in [0, 0.1) is 0 Å². The predicted molar refractivity (Wildman–Crippen MR) is 109 cm³/mol. The van der Waals surface area contributed by atoms with Crippen molar-refractivity contribution in [2.24, 2.45) is 0 Å². The van der Waals surface area contributed by atoms with Gasteiger partial charge in [0.25, 0.3) is 5.56 Å². The lowest BCUT2D eigenvalue weighted by atomic mass is 10.2. The number of benzene rings is 2. The van der Waals surface area contributed by atoms with Crippen molar-refractivity contribution in [1.82, 2.24) is 9.97 Å². The minimum atomic E-state index is -0.168. The predicted octanol–water partition coefficient (Wildman–Crippen LogP) is 3.75. The third-order valence-corrected chi connectivity index (χ3v) is 5.09. The van der Waals surface area contributed by atoms with Crippen LogP contribution in [0.1, 0.15) is 24.9 Å². The first-order valence-corrected chi connectivity index (χ1v) is 9.75. The average molecular weight is 383 g/mol. The van der Waals surface area contributed by atoms with Crippen molar-refractivity contribution in [2.75, 3.05) is 17.7 Å². The van der Waals surface area contributed by atoms with E-state index in [0.717, 1.165) is 0 Å². The molecule has 7 heteroatoms. The summed E-state index contributed by atoms with van der Waals surface area (Å²) >= 11 is 1.41. The fourth-order valence-electron chi connectivity index (χ4n) is 2.61. The highest BCUT2D eigenvalue weighted by atomic mass is 32.2. The molecule has 1 heterocycles. The normalized spacial score (nSPS) is 11.9. The number of anilines is 1. The fraction of sp³-hybridized carbons (Fsp3) is 0.250. The van der Waals surface area contributed by atoms with Gasteiger partial charge in [0.05, 0.1) is 34.2 Å². The number of thioether (sulfide) groups is 1. The summed E-state index contributed by atoms with van der Waals surface area (Å²) in [6.45, 7) is 4.34. The number of H-pyrrole nitrogens is 1. The van der Waals surface area contributed by atoms with E-state index in [2.05, 4.69) is 15.3 Å². The molecule has 0 fully saturated rings. The second-order valence-corrected chi connectivity index (χ2v) is 7.23. The molecular weight excluding hydrogens is 362 g/mol. The molecule has 0 aliphatic rings. The highest BCUT2D eigenvalue weighted by Crippen LogP contribution is 2.27. The molecule has 0 bridgehead atoms. The molecule has 0 aliphatic carbocycles. The zero-order valence-electron chi connectivity index (χ0n) is 15.2. The molecule has 1 aromatic heterocycles. The summed E-state index contributed by atoms with van der Waals surface area (Å²) in [6, 6.07) is 14.5. The molecule has 0 aliphatic heterocycles. The first-order valence-electron chi connectivity index (χ1n) is 8.70. The van der Waals surface area contributed by atoms with Gasteiger partial charge in [-0.15, -0.1) is 11.8 Å². The number of nitrogens with one attached hydrogen (secondary N) is 2. The first kappa shape index (κ1) is 19.0. The molecule has 0 spiro atoms. The third-order valence-electron chi connectivity index (χ3n) is 3.94. The number of carbonyl (C=O) groups excluding carboxylic acids is 1. The Balaban J connectivity index is 1.65. The minimum absolute atomic E-state index is 0.129. The van der Waals surface area contributed by atoms with Crippen LogP contribution < -0.4 is 15.6 Å². The maximum atomic E-state index is 12.3. The molecule has 0 saturated heterocycles. The quantitative estimate of drug-likeness (QED) is 0.649. The number of rotatable bonds is 7. The third kappa shape index (κ3) is 4.68. The number of nitrogens with zero attached hydrogens (tertiary/aromatic N) is 1. The number of carbonyl (C=O) groups is 1. The van der Waals surface area contributed by atoms with E-state index in [1.165, 1.54) is 11.8 Å². The van der Waals surface area contributed by atoms with E-state index in [0.29, 0.717) is 34.8 Å². The molecule has 0 saturated carbocycles. The molecule has 3 aromatic rings. The van der Waals surface area contributed by atoms with Gasteiger partial charge in [0.15, 0.2) is 0 Å². The Bertz CT molecular complexity index is 1000. The molecule has 0 radical (unpaired) electrons. The number of aromatic amines is 1. The number of aromatic nitrogens is 2. The van der Waals surface area contributed by atoms with Crippen LogP contribution in [-0.4, -0.2) is 28.2 Å². The van der Waals surface area contributed by atoms with Gasteiger partial charge in [-0.1, -0.05) is 24.3 Å². The Morgan fingerprint density at radius 3 is 2.78 bits per heavy atom. The number of ether oxygens (including phenoxy) is 1. The Morgan fingerprint density at radius 2 is 1.96 bits per heavy atom. The second-order valence-electron chi connectivity index (χ2n) is 5.90. The second kappa shape index (κ2) is 8.73. The number of amides is 1. The largest absolute Gasteiger partial charge is 0.492 e. The van der Waals surface area contributed by atoms with Gasteiger partial charge in [-0.2, -0.15) is 0 Å². The van der Waals surface area contributed by atoms with Crippen LogP contribution in [-0.2, 0) is 4.79 Å². The average Bonchev–Trinajstić information content (AvgIpc) is 2.68. The highest BCUT2D eigenvalue weighted by molar-refractivity contribution is 8.00. The first-order chi connectivity index (χ1) is 13.1. The Labute approximate surface area is 161 Å². The Hall–Kier alpha value is -2.80. The van der Waals surface area contributed by atoms with Crippen LogP contribution in [0.2, 0.25) is 0 Å². The molecular formula is C20H21N3O3S. The molecule has 2 aromatic carbocycles. The van der Waals surface area contributed by atoms with Crippen LogP contribution in [0.4, 0.5) is 5.69 Å². The molecule has 1 amide bonds. The summed E-state index contributed by atoms with van der Waals surface area (Å²) in [6.07, 6.45) is 0. The summed E-state index contributed by atoms with van der Waals surface area (Å²) < 4.78 is 5.52. The number of fused-ring (bicyclic) bond motifs is 1. The number of hydrogen-bond donors (Lipinski definition) is 2. The van der Waals surface area contributed by atoms with Gasteiger partial charge in [0, 0.05) is 0 Å². The smallest absolute Gasteiger partial charge is 0.258 e. The van der Waals surface area contributed by atoms with Crippen molar-refractivity contribution in [2.45, 2.75) is 19.1 Å². The van der Waals surface area contributed by atoms with E-state index in [1.54, 1.807) is 12.1 Å². The lowest BCUT2D eigenvalue weighted by Gasteiger charge is -2.13. The van der Waals surface area contributed by atoms with Gasteiger partial charge in [0.2, 0.25) is 5.91 Å². The summed E-state index contributed by atoms with van der Waals surface area (Å²) in [7, 11) is 0. The maximum Gasteiger partial charge on any atom is 0.258 e. The van der Waals surface area contributed by atoms with Crippen molar-refractivity contribution >= 4 is 34.3 Å². The van der Waals surface area contributed by atoms with E-state index < -0.39 is 0 Å². The fourth-order valence-corrected chi connectivity index (χ4v) is 3.36. The van der Waals surface area contributed by atoms with Crippen LogP contribution >= 0.6 is 11.8 Å². The van der Waals surface area contributed by atoms with Crippen molar-refractivity contribution in [3.8, 4) is 5.75 Å². The van der Waals surface area contributed by atoms with Crippen molar-refractivity contribution < 1.29 is 9.53 Å². The molecule has 0 unspecified atom stereocenters. The van der Waals surface area contributed by atoms with Gasteiger partial charge >= 0.3 is 0 Å². The lowest BCUT2D eigenvalue weighted by Crippen LogP contribution is -2.17. The van der Waals surface area contributed by atoms with Gasteiger partial charge in [-0.3, -0.25) is 9.59 Å².